The fraction of sp³-hybridized carbons (Fsp3) is 0.700. The van der Waals surface area contributed by atoms with Crippen LogP contribution in [0.15, 0.2) is 22.8 Å². The Bertz CT molecular complexity index is 620. The van der Waals surface area contributed by atoms with Crippen molar-refractivity contribution in [3.8, 4) is 0 Å². The maximum Gasteiger partial charge on any atom is 0.321 e. The molecule has 4 saturated carbocycles. The lowest BCUT2D eigenvalue weighted by Gasteiger charge is -2.57. The molecule has 0 aromatic carbocycles. The first-order chi connectivity index (χ1) is 12.5. The summed E-state index contributed by atoms with van der Waals surface area (Å²) in [6.07, 6.45) is 9.83. The van der Waals surface area contributed by atoms with Crippen molar-refractivity contribution in [2.24, 2.45) is 23.2 Å². The highest BCUT2D eigenvalue weighted by molar-refractivity contribution is 5.95. The topological polar surface area (TPSA) is 74.6 Å². The molecule has 2 N–H and O–H groups in total. The van der Waals surface area contributed by atoms with Gasteiger partial charge >= 0.3 is 6.03 Å². The third kappa shape index (κ3) is 3.95. The standard InChI is InChI=1S/C20H29N3O3/c1-23(12-18(24)22-19(25)21-11-17-3-2-4-26-17)13-20-8-14-5-15(9-20)7-16(6-14)10-20/h2-4,14-16H,5-13H2,1H3,(H2,21,22,24,25). The van der Waals surface area contributed by atoms with Crippen LogP contribution in [0.5, 0.6) is 0 Å². The van der Waals surface area contributed by atoms with E-state index in [-0.39, 0.29) is 19.0 Å². The van der Waals surface area contributed by atoms with Crippen molar-refractivity contribution in [1.82, 2.24) is 15.5 Å². The SMILES string of the molecule is CN(CC(=O)NC(=O)NCc1ccco1)CC12CC3CC(CC(C3)C1)C2. The summed E-state index contributed by atoms with van der Waals surface area (Å²) < 4.78 is 5.15. The molecule has 4 fully saturated rings. The quantitative estimate of drug-likeness (QED) is 0.819. The average molecular weight is 359 g/mol. The fourth-order valence-corrected chi connectivity index (χ4v) is 6.15. The van der Waals surface area contributed by atoms with Gasteiger partial charge in [0.15, 0.2) is 0 Å². The number of hydrogen-bond donors (Lipinski definition) is 2. The highest BCUT2D eigenvalue weighted by atomic mass is 16.3. The first-order valence-corrected chi connectivity index (χ1v) is 9.78. The molecule has 5 rings (SSSR count). The molecule has 4 bridgehead atoms. The van der Waals surface area contributed by atoms with Crippen molar-refractivity contribution in [2.45, 2.75) is 45.1 Å². The molecule has 3 amide bonds. The monoisotopic (exact) mass is 359 g/mol. The molecule has 0 atom stereocenters. The number of carbonyl (C=O) groups is 2. The average Bonchev–Trinajstić information content (AvgIpc) is 3.04. The van der Waals surface area contributed by atoms with Crippen LogP contribution in [0.2, 0.25) is 0 Å². The van der Waals surface area contributed by atoms with E-state index in [1.165, 1.54) is 38.5 Å². The lowest BCUT2D eigenvalue weighted by atomic mass is 9.49. The van der Waals surface area contributed by atoms with Gasteiger partial charge in [-0.25, -0.2) is 4.79 Å². The summed E-state index contributed by atoms with van der Waals surface area (Å²) in [4.78, 5) is 26.1. The molecule has 0 aliphatic heterocycles. The molecular formula is C20H29N3O3. The van der Waals surface area contributed by atoms with Gasteiger partial charge in [-0.1, -0.05) is 0 Å². The number of furan rings is 1. The molecule has 26 heavy (non-hydrogen) atoms. The van der Waals surface area contributed by atoms with Gasteiger partial charge in [0.2, 0.25) is 5.91 Å². The van der Waals surface area contributed by atoms with Gasteiger partial charge in [-0.15, -0.1) is 0 Å². The molecule has 4 aliphatic rings. The largest absolute Gasteiger partial charge is 0.467 e. The minimum Gasteiger partial charge on any atom is -0.467 e. The lowest BCUT2D eigenvalue weighted by molar-refractivity contribution is -0.122. The Balaban J connectivity index is 1.22. The highest BCUT2D eigenvalue weighted by Crippen LogP contribution is 2.60. The van der Waals surface area contributed by atoms with Crippen molar-refractivity contribution in [3.63, 3.8) is 0 Å². The summed E-state index contributed by atoms with van der Waals surface area (Å²) in [7, 11) is 2.00. The van der Waals surface area contributed by atoms with Crippen molar-refractivity contribution in [2.75, 3.05) is 20.1 Å². The van der Waals surface area contributed by atoms with Gasteiger partial charge in [0, 0.05) is 6.54 Å². The Hall–Kier alpha value is -1.82. The smallest absolute Gasteiger partial charge is 0.321 e. The highest BCUT2D eigenvalue weighted by Gasteiger charge is 2.51. The predicted molar refractivity (Wildman–Crippen MR) is 97.2 cm³/mol. The van der Waals surface area contributed by atoms with Gasteiger partial charge in [-0.05, 0) is 80.9 Å². The van der Waals surface area contributed by atoms with E-state index in [4.69, 9.17) is 4.42 Å². The molecule has 0 unspecified atom stereocenters. The van der Waals surface area contributed by atoms with Crippen molar-refractivity contribution < 1.29 is 14.0 Å². The normalized spacial score (nSPS) is 32.0. The summed E-state index contributed by atoms with van der Waals surface area (Å²) in [6, 6.07) is 3.07. The van der Waals surface area contributed by atoms with E-state index in [9.17, 15) is 9.59 Å². The zero-order chi connectivity index (χ0) is 18.1. The van der Waals surface area contributed by atoms with Gasteiger partial charge in [0.05, 0.1) is 19.4 Å². The third-order valence-electron chi connectivity index (χ3n) is 6.44. The van der Waals surface area contributed by atoms with E-state index in [0.29, 0.717) is 11.2 Å². The number of urea groups is 1. The minimum atomic E-state index is -0.477. The van der Waals surface area contributed by atoms with Crippen molar-refractivity contribution in [3.05, 3.63) is 24.2 Å². The lowest BCUT2D eigenvalue weighted by Crippen LogP contribution is -2.52. The summed E-state index contributed by atoms with van der Waals surface area (Å²) in [6.45, 7) is 1.50. The molecule has 0 radical (unpaired) electrons. The molecule has 1 aromatic rings. The number of amides is 3. The van der Waals surface area contributed by atoms with Crippen molar-refractivity contribution >= 4 is 11.9 Å². The number of carbonyl (C=O) groups excluding carboxylic acids is 2. The van der Waals surface area contributed by atoms with E-state index < -0.39 is 6.03 Å². The second-order valence-electron chi connectivity index (χ2n) is 8.90. The maximum atomic E-state index is 12.2. The van der Waals surface area contributed by atoms with E-state index in [2.05, 4.69) is 15.5 Å². The van der Waals surface area contributed by atoms with Crippen LogP contribution in [-0.2, 0) is 11.3 Å². The van der Waals surface area contributed by atoms with E-state index in [1.54, 1.807) is 18.4 Å². The summed E-state index contributed by atoms with van der Waals surface area (Å²) in [5, 5.41) is 5.04. The molecule has 1 heterocycles. The zero-order valence-electron chi connectivity index (χ0n) is 15.5. The molecule has 1 aromatic heterocycles. The third-order valence-corrected chi connectivity index (χ3v) is 6.44. The zero-order valence-corrected chi connectivity index (χ0v) is 15.5. The van der Waals surface area contributed by atoms with E-state index in [0.717, 1.165) is 24.3 Å². The van der Waals surface area contributed by atoms with E-state index in [1.807, 2.05) is 7.05 Å². The Morgan fingerprint density at radius 3 is 2.42 bits per heavy atom. The summed E-state index contributed by atoms with van der Waals surface area (Å²) in [5.74, 6) is 3.14. The van der Waals surface area contributed by atoms with Gasteiger partial charge in [0.25, 0.3) is 0 Å². The second kappa shape index (κ2) is 7.06. The van der Waals surface area contributed by atoms with Crippen LogP contribution < -0.4 is 10.6 Å². The number of nitrogens with one attached hydrogen (secondary N) is 2. The number of rotatable bonds is 6. The summed E-state index contributed by atoms with van der Waals surface area (Å²) in [5.41, 5.74) is 0.408. The first-order valence-electron chi connectivity index (χ1n) is 9.78. The number of imide groups is 1. The Kier molecular flexibility index (Phi) is 4.78. The van der Waals surface area contributed by atoms with Gasteiger partial charge in [-0.3, -0.25) is 15.0 Å². The van der Waals surface area contributed by atoms with Crippen LogP contribution >= 0.6 is 0 Å². The number of likely N-dealkylation sites (N-methyl/N-ethyl adjacent to an activating group) is 1. The van der Waals surface area contributed by atoms with Gasteiger partial charge in [-0.2, -0.15) is 0 Å². The number of hydrogen-bond acceptors (Lipinski definition) is 4. The molecule has 4 aliphatic carbocycles. The van der Waals surface area contributed by atoms with Crippen LogP contribution in [0, 0.1) is 23.2 Å². The van der Waals surface area contributed by atoms with Crippen LogP contribution in [-0.4, -0.2) is 37.0 Å². The molecule has 0 spiro atoms. The van der Waals surface area contributed by atoms with Gasteiger partial charge in [0.1, 0.15) is 5.76 Å². The minimum absolute atomic E-state index is 0.255. The first kappa shape index (κ1) is 17.6. The molecule has 142 valence electrons. The Morgan fingerprint density at radius 2 is 1.85 bits per heavy atom. The molecule has 6 heteroatoms. The summed E-state index contributed by atoms with van der Waals surface area (Å²) >= 11 is 0. The molecule has 6 nitrogen and oxygen atoms in total. The van der Waals surface area contributed by atoms with Gasteiger partial charge < -0.3 is 9.73 Å². The predicted octanol–water partition coefficient (Wildman–Crippen LogP) is 2.75. The Labute approximate surface area is 154 Å². The van der Waals surface area contributed by atoms with Crippen molar-refractivity contribution in [1.29, 1.82) is 0 Å². The molecular weight excluding hydrogens is 330 g/mol. The van der Waals surface area contributed by atoms with Crippen LogP contribution in [0.3, 0.4) is 0 Å². The van der Waals surface area contributed by atoms with Crippen LogP contribution in [0.4, 0.5) is 4.79 Å². The maximum absolute atomic E-state index is 12.2. The fourth-order valence-electron chi connectivity index (χ4n) is 6.15. The van der Waals surface area contributed by atoms with Crippen LogP contribution in [0.1, 0.15) is 44.3 Å². The number of nitrogens with zero attached hydrogens (tertiary/aromatic N) is 1. The van der Waals surface area contributed by atoms with E-state index >= 15 is 0 Å². The molecule has 0 saturated heterocycles. The Morgan fingerprint density at radius 1 is 1.19 bits per heavy atom. The second-order valence-corrected chi connectivity index (χ2v) is 8.90. The van der Waals surface area contributed by atoms with Crippen LogP contribution in [0.25, 0.3) is 0 Å².